The number of benzene rings is 3. The number of anilines is 3. The Balaban J connectivity index is 1.47. The highest BCUT2D eigenvalue weighted by Crippen LogP contribution is 2.27. The Hall–Kier alpha value is -3.64. The zero-order valence-electron chi connectivity index (χ0n) is 20.1. The van der Waals surface area contributed by atoms with E-state index in [9.17, 15) is 9.59 Å². The summed E-state index contributed by atoms with van der Waals surface area (Å²) in [7, 11) is 2.15. The lowest BCUT2D eigenvalue weighted by atomic mass is 10.1. The number of amides is 2. The quantitative estimate of drug-likeness (QED) is 0.570. The van der Waals surface area contributed by atoms with Crippen LogP contribution >= 0.6 is 0 Å². The molecule has 0 aliphatic carbocycles. The number of carbonyl (C=O) groups excluding carboxylic acids is 2. The number of aryl methyl sites for hydroxylation is 2. The van der Waals surface area contributed by atoms with Crippen LogP contribution in [0.4, 0.5) is 17.1 Å². The van der Waals surface area contributed by atoms with E-state index in [1.807, 2.05) is 62.4 Å². The van der Waals surface area contributed by atoms with Crippen molar-refractivity contribution in [3.05, 3.63) is 89.0 Å². The van der Waals surface area contributed by atoms with Gasteiger partial charge < -0.3 is 20.4 Å². The van der Waals surface area contributed by atoms with Gasteiger partial charge in [-0.1, -0.05) is 29.8 Å². The molecule has 0 spiro atoms. The van der Waals surface area contributed by atoms with Gasteiger partial charge in [-0.15, -0.1) is 0 Å². The Kier molecular flexibility index (Phi) is 7.28. The molecule has 3 aromatic carbocycles. The summed E-state index contributed by atoms with van der Waals surface area (Å²) in [5.74, 6) is -0.421. The minimum atomic E-state index is -0.214. The van der Waals surface area contributed by atoms with E-state index in [1.165, 1.54) is 0 Å². The molecule has 176 valence electrons. The summed E-state index contributed by atoms with van der Waals surface area (Å²) in [6.07, 6.45) is 1.13. The third-order valence-electron chi connectivity index (χ3n) is 6.29. The van der Waals surface area contributed by atoms with Crippen molar-refractivity contribution < 1.29 is 9.59 Å². The Morgan fingerprint density at radius 1 is 0.735 bits per heavy atom. The highest BCUT2D eigenvalue weighted by atomic mass is 16.2. The van der Waals surface area contributed by atoms with Crippen LogP contribution in [0, 0.1) is 13.8 Å². The third-order valence-corrected chi connectivity index (χ3v) is 6.29. The smallest absolute Gasteiger partial charge is 0.255 e. The highest BCUT2D eigenvalue weighted by molar-refractivity contribution is 6.10. The number of nitrogens with one attached hydrogen (secondary N) is 2. The first-order valence-corrected chi connectivity index (χ1v) is 11.7. The van der Waals surface area contributed by atoms with E-state index in [2.05, 4.69) is 27.5 Å². The average Bonchev–Trinajstić information content (AvgIpc) is 3.06. The molecule has 4 rings (SSSR count). The van der Waals surface area contributed by atoms with Crippen LogP contribution in [0.5, 0.6) is 0 Å². The largest absolute Gasteiger partial charge is 0.370 e. The van der Waals surface area contributed by atoms with E-state index in [-0.39, 0.29) is 11.8 Å². The minimum Gasteiger partial charge on any atom is -0.370 e. The van der Waals surface area contributed by atoms with Crippen molar-refractivity contribution >= 4 is 28.9 Å². The van der Waals surface area contributed by atoms with E-state index in [4.69, 9.17) is 0 Å². The molecule has 1 aliphatic heterocycles. The molecule has 0 unspecified atom stereocenters. The van der Waals surface area contributed by atoms with Crippen molar-refractivity contribution in [3.8, 4) is 0 Å². The second-order valence-corrected chi connectivity index (χ2v) is 8.96. The summed E-state index contributed by atoms with van der Waals surface area (Å²) < 4.78 is 0. The molecule has 1 fully saturated rings. The van der Waals surface area contributed by atoms with Gasteiger partial charge in [-0.2, -0.15) is 0 Å². The zero-order chi connectivity index (χ0) is 24.1. The van der Waals surface area contributed by atoms with Crippen LogP contribution in [-0.2, 0) is 0 Å². The van der Waals surface area contributed by atoms with Gasteiger partial charge in [0.15, 0.2) is 0 Å². The van der Waals surface area contributed by atoms with Crippen LogP contribution in [0.25, 0.3) is 0 Å². The van der Waals surface area contributed by atoms with Gasteiger partial charge in [0.2, 0.25) is 0 Å². The Morgan fingerprint density at radius 2 is 1.38 bits per heavy atom. The number of likely N-dealkylation sites (N-methyl/N-ethyl adjacent to an activating group) is 1. The van der Waals surface area contributed by atoms with E-state index in [1.54, 1.807) is 18.2 Å². The van der Waals surface area contributed by atoms with E-state index in [0.29, 0.717) is 22.5 Å². The van der Waals surface area contributed by atoms with Gasteiger partial charge in [-0.25, -0.2) is 0 Å². The molecule has 0 saturated carbocycles. The molecule has 0 aromatic heterocycles. The maximum Gasteiger partial charge on any atom is 0.255 e. The molecule has 6 nitrogen and oxygen atoms in total. The SMILES string of the molecule is Cc1ccc(C(=O)Nc2cccc(C)c2NC(=O)c2ccc(N3CCCN(C)CC3)cc2)cc1. The molecule has 0 bridgehead atoms. The van der Waals surface area contributed by atoms with Gasteiger partial charge in [0.25, 0.3) is 11.8 Å². The molecule has 2 amide bonds. The molecule has 1 saturated heterocycles. The molecular weight excluding hydrogens is 424 g/mol. The zero-order valence-corrected chi connectivity index (χ0v) is 20.1. The van der Waals surface area contributed by atoms with Crippen LogP contribution in [0.15, 0.2) is 66.7 Å². The lowest BCUT2D eigenvalue weighted by Crippen LogP contribution is -2.28. The number of nitrogens with zero attached hydrogens (tertiary/aromatic N) is 2. The Bertz CT molecular complexity index is 1160. The summed E-state index contributed by atoms with van der Waals surface area (Å²) in [4.78, 5) is 30.5. The van der Waals surface area contributed by atoms with Crippen molar-refractivity contribution in [2.45, 2.75) is 20.3 Å². The molecule has 0 atom stereocenters. The van der Waals surface area contributed by atoms with E-state index >= 15 is 0 Å². The molecule has 34 heavy (non-hydrogen) atoms. The first-order valence-electron chi connectivity index (χ1n) is 11.7. The average molecular weight is 457 g/mol. The predicted molar refractivity (Wildman–Crippen MR) is 139 cm³/mol. The summed E-state index contributed by atoms with van der Waals surface area (Å²) >= 11 is 0. The summed E-state index contributed by atoms with van der Waals surface area (Å²) in [5, 5.41) is 5.94. The number of carbonyl (C=O) groups is 2. The van der Waals surface area contributed by atoms with Gasteiger partial charge in [0.05, 0.1) is 11.4 Å². The maximum atomic E-state index is 13.1. The lowest BCUT2D eigenvalue weighted by molar-refractivity contribution is 0.101. The van der Waals surface area contributed by atoms with Crippen LogP contribution in [0.3, 0.4) is 0 Å². The van der Waals surface area contributed by atoms with Crippen molar-refractivity contribution in [1.29, 1.82) is 0 Å². The molecule has 0 radical (unpaired) electrons. The number of hydrogen-bond donors (Lipinski definition) is 2. The summed E-state index contributed by atoms with van der Waals surface area (Å²) in [5.41, 5.74) is 5.43. The lowest BCUT2D eigenvalue weighted by Gasteiger charge is -2.23. The number of para-hydroxylation sites is 1. The van der Waals surface area contributed by atoms with Gasteiger partial charge in [0.1, 0.15) is 0 Å². The maximum absolute atomic E-state index is 13.1. The fraction of sp³-hybridized carbons (Fsp3) is 0.286. The van der Waals surface area contributed by atoms with Crippen LogP contribution in [0.2, 0.25) is 0 Å². The van der Waals surface area contributed by atoms with Crippen molar-refractivity contribution in [3.63, 3.8) is 0 Å². The van der Waals surface area contributed by atoms with E-state index in [0.717, 1.165) is 49.4 Å². The Labute approximate surface area is 201 Å². The molecular formula is C28H32N4O2. The first kappa shape index (κ1) is 23.5. The van der Waals surface area contributed by atoms with Crippen molar-refractivity contribution in [2.24, 2.45) is 0 Å². The third kappa shape index (κ3) is 5.64. The van der Waals surface area contributed by atoms with Crippen LogP contribution in [-0.4, -0.2) is 49.9 Å². The standard InChI is InChI=1S/C28H32N4O2/c1-20-8-10-22(11-9-20)27(33)29-25-7-4-6-21(2)26(25)30-28(34)23-12-14-24(15-13-23)32-17-5-16-31(3)18-19-32/h4,6-15H,5,16-19H2,1-3H3,(H,29,33)(H,30,34). The summed E-state index contributed by atoms with van der Waals surface area (Å²) in [6, 6.07) is 20.7. The number of rotatable bonds is 5. The molecule has 6 heteroatoms. The second kappa shape index (κ2) is 10.5. The van der Waals surface area contributed by atoms with Crippen molar-refractivity contribution in [1.82, 2.24) is 4.90 Å². The predicted octanol–water partition coefficient (Wildman–Crippen LogP) is 4.95. The van der Waals surface area contributed by atoms with E-state index < -0.39 is 0 Å². The normalized spacial score (nSPS) is 14.4. The fourth-order valence-corrected chi connectivity index (χ4v) is 4.15. The molecule has 2 N–H and O–H groups in total. The first-order chi connectivity index (χ1) is 16.4. The van der Waals surface area contributed by atoms with Crippen molar-refractivity contribution in [2.75, 3.05) is 48.8 Å². The molecule has 1 heterocycles. The Morgan fingerprint density at radius 3 is 2.09 bits per heavy atom. The monoisotopic (exact) mass is 456 g/mol. The van der Waals surface area contributed by atoms with Gasteiger partial charge >= 0.3 is 0 Å². The highest BCUT2D eigenvalue weighted by Gasteiger charge is 2.16. The second-order valence-electron chi connectivity index (χ2n) is 8.96. The minimum absolute atomic E-state index is 0.206. The molecule has 1 aliphatic rings. The topological polar surface area (TPSA) is 64.7 Å². The van der Waals surface area contributed by atoms with Crippen LogP contribution in [0.1, 0.15) is 38.3 Å². The van der Waals surface area contributed by atoms with Gasteiger partial charge in [0, 0.05) is 36.4 Å². The number of hydrogen-bond acceptors (Lipinski definition) is 4. The van der Waals surface area contributed by atoms with Gasteiger partial charge in [-0.3, -0.25) is 9.59 Å². The van der Waals surface area contributed by atoms with Crippen LogP contribution < -0.4 is 15.5 Å². The molecule has 3 aromatic rings. The summed E-state index contributed by atoms with van der Waals surface area (Å²) in [6.45, 7) is 8.03. The fourth-order valence-electron chi connectivity index (χ4n) is 4.15. The van der Waals surface area contributed by atoms with Gasteiger partial charge in [-0.05, 0) is 81.9 Å².